The summed E-state index contributed by atoms with van der Waals surface area (Å²) in [5.74, 6) is 0.383. The number of hydrogen-bond acceptors (Lipinski definition) is 5. The maximum atomic E-state index is 12.3. The van der Waals surface area contributed by atoms with Crippen LogP contribution >= 0.6 is 11.6 Å². The molecule has 2 N–H and O–H groups in total. The Morgan fingerprint density at radius 1 is 1.00 bits per heavy atom. The molecule has 142 valence electrons. The molecule has 0 aliphatic heterocycles. The van der Waals surface area contributed by atoms with E-state index in [2.05, 4.69) is 25.6 Å². The predicted octanol–water partition coefficient (Wildman–Crippen LogP) is 5.07. The van der Waals surface area contributed by atoms with Gasteiger partial charge >= 0.3 is 0 Å². The second kappa shape index (κ2) is 8.50. The summed E-state index contributed by atoms with van der Waals surface area (Å²) in [7, 11) is 0. The zero-order chi connectivity index (χ0) is 20.1. The molecule has 0 fully saturated rings. The third-order valence-corrected chi connectivity index (χ3v) is 4.34. The van der Waals surface area contributed by atoms with Crippen LogP contribution in [0.5, 0.6) is 0 Å². The lowest BCUT2D eigenvalue weighted by molar-refractivity contribution is -0.111. The van der Waals surface area contributed by atoms with Crippen LogP contribution in [0.2, 0.25) is 5.02 Å². The van der Waals surface area contributed by atoms with Gasteiger partial charge in [0.15, 0.2) is 0 Å². The van der Waals surface area contributed by atoms with E-state index >= 15 is 0 Å². The summed E-state index contributed by atoms with van der Waals surface area (Å²) in [5, 5.41) is 7.51. The summed E-state index contributed by atoms with van der Waals surface area (Å²) >= 11 is 6.06. The predicted molar refractivity (Wildman–Crippen MR) is 116 cm³/mol. The first-order valence-electron chi connectivity index (χ1n) is 8.84. The number of halogens is 1. The van der Waals surface area contributed by atoms with Crippen molar-refractivity contribution in [3.8, 4) is 0 Å². The number of carbonyl (C=O) groups is 1. The third-order valence-electron chi connectivity index (χ3n) is 4.10. The first-order chi connectivity index (χ1) is 14.2. The number of carbonyl (C=O) groups excluding carboxylic acids is 1. The van der Waals surface area contributed by atoms with Gasteiger partial charge < -0.3 is 10.6 Å². The molecule has 7 heteroatoms. The fraction of sp³-hybridized carbons (Fsp3) is 0. The lowest BCUT2D eigenvalue weighted by atomic mass is 10.2. The molecule has 6 nitrogen and oxygen atoms in total. The molecule has 0 aliphatic carbocycles. The maximum Gasteiger partial charge on any atom is 0.248 e. The van der Waals surface area contributed by atoms with Crippen LogP contribution in [0.15, 0.2) is 79.4 Å². The number of nitrogens with zero attached hydrogens (tertiary/aromatic N) is 3. The molecule has 2 heterocycles. The van der Waals surface area contributed by atoms with Gasteiger partial charge in [0.05, 0.1) is 5.52 Å². The van der Waals surface area contributed by atoms with Crippen LogP contribution in [0.1, 0.15) is 5.56 Å². The van der Waals surface area contributed by atoms with Crippen LogP contribution in [-0.2, 0) is 4.79 Å². The highest BCUT2D eigenvalue weighted by Gasteiger charge is 2.07. The SMILES string of the molecule is O=C(/C=C/c1cccnc1)Nc1ccc2ncnc(Nc3cccc(Cl)c3)c2c1. The number of aromatic nitrogens is 3. The second-order valence-corrected chi connectivity index (χ2v) is 6.63. The zero-order valence-corrected chi connectivity index (χ0v) is 16.0. The van der Waals surface area contributed by atoms with Gasteiger partial charge in [0, 0.05) is 40.3 Å². The number of fused-ring (bicyclic) bond motifs is 1. The van der Waals surface area contributed by atoms with Crippen LogP contribution in [0.3, 0.4) is 0 Å². The van der Waals surface area contributed by atoms with Gasteiger partial charge in [0.1, 0.15) is 12.1 Å². The lowest BCUT2D eigenvalue weighted by Crippen LogP contribution is -2.07. The van der Waals surface area contributed by atoms with Gasteiger partial charge in [-0.15, -0.1) is 0 Å². The number of benzene rings is 2. The van der Waals surface area contributed by atoms with E-state index in [4.69, 9.17) is 11.6 Å². The molecule has 0 atom stereocenters. The third kappa shape index (κ3) is 4.75. The first kappa shape index (κ1) is 18.6. The van der Waals surface area contributed by atoms with E-state index in [1.807, 2.05) is 42.5 Å². The molecular weight excluding hydrogens is 386 g/mol. The summed E-state index contributed by atoms with van der Waals surface area (Å²) in [6.45, 7) is 0. The molecular formula is C22H16ClN5O. The van der Waals surface area contributed by atoms with Crippen molar-refractivity contribution in [3.05, 3.63) is 90.0 Å². The topological polar surface area (TPSA) is 79.8 Å². The second-order valence-electron chi connectivity index (χ2n) is 6.20. The Labute approximate surface area is 172 Å². The Morgan fingerprint density at radius 3 is 2.76 bits per heavy atom. The summed E-state index contributed by atoms with van der Waals surface area (Å²) in [4.78, 5) is 24.9. The average molecular weight is 402 g/mol. The van der Waals surface area contributed by atoms with Gasteiger partial charge in [0.25, 0.3) is 0 Å². The first-order valence-corrected chi connectivity index (χ1v) is 9.22. The van der Waals surface area contributed by atoms with Gasteiger partial charge in [-0.3, -0.25) is 9.78 Å². The zero-order valence-electron chi connectivity index (χ0n) is 15.2. The number of rotatable bonds is 5. The van der Waals surface area contributed by atoms with Crippen molar-refractivity contribution in [1.82, 2.24) is 15.0 Å². The van der Waals surface area contributed by atoms with E-state index in [1.54, 1.807) is 30.6 Å². The highest BCUT2D eigenvalue weighted by Crippen LogP contribution is 2.26. The summed E-state index contributed by atoms with van der Waals surface area (Å²) in [6, 6.07) is 16.5. The van der Waals surface area contributed by atoms with Crippen molar-refractivity contribution in [1.29, 1.82) is 0 Å². The Hall–Kier alpha value is -3.77. The van der Waals surface area contributed by atoms with Crippen molar-refractivity contribution < 1.29 is 4.79 Å². The van der Waals surface area contributed by atoms with Gasteiger partial charge in [-0.1, -0.05) is 23.7 Å². The van der Waals surface area contributed by atoms with Gasteiger partial charge in [0.2, 0.25) is 5.91 Å². The van der Waals surface area contributed by atoms with Crippen molar-refractivity contribution in [2.45, 2.75) is 0 Å². The lowest BCUT2D eigenvalue weighted by Gasteiger charge is -2.10. The minimum Gasteiger partial charge on any atom is -0.340 e. The Morgan fingerprint density at radius 2 is 1.93 bits per heavy atom. The van der Waals surface area contributed by atoms with Gasteiger partial charge in [-0.25, -0.2) is 9.97 Å². The minimum atomic E-state index is -0.241. The fourth-order valence-electron chi connectivity index (χ4n) is 2.77. The van der Waals surface area contributed by atoms with Gasteiger partial charge in [-0.05, 0) is 54.1 Å². The van der Waals surface area contributed by atoms with E-state index in [-0.39, 0.29) is 5.91 Å². The van der Waals surface area contributed by atoms with E-state index in [1.165, 1.54) is 12.4 Å². The molecule has 0 radical (unpaired) electrons. The molecule has 0 unspecified atom stereocenters. The Kier molecular flexibility index (Phi) is 5.45. The molecule has 29 heavy (non-hydrogen) atoms. The van der Waals surface area contributed by atoms with E-state index < -0.39 is 0 Å². The monoisotopic (exact) mass is 401 g/mol. The minimum absolute atomic E-state index is 0.241. The molecule has 4 rings (SSSR count). The number of amides is 1. The number of nitrogens with one attached hydrogen (secondary N) is 2. The van der Waals surface area contributed by atoms with Crippen molar-refractivity contribution in [2.24, 2.45) is 0 Å². The van der Waals surface area contributed by atoms with E-state index in [0.29, 0.717) is 16.5 Å². The van der Waals surface area contributed by atoms with Crippen LogP contribution < -0.4 is 10.6 Å². The molecule has 2 aromatic heterocycles. The number of anilines is 3. The molecule has 0 saturated carbocycles. The highest BCUT2D eigenvalue weighted by atomic mass is 35.5. The van der Waals surface area contributed by atoms with Crippen LogP contribution in [0.25, 0.3) is 17.0 Å². The van der Waals surface area contributed by atoms with Crippen molar-refractivity contribution in [2.75, 3.05) is 10.6 Å². The normalized spacial score (nSPS) is 10.9. The molecule has 0 spiro atoms. The molecule has 0 aliphatic rings. The van der Waals surface area contributed by atoms with Crippen molar-refractivity contribution in [3.63, 3.8) is 0 Å². The summed E-state index contributed by atoms with van der Waals surface area (Å²) in [6.07, 6.45) is 8.03. The molecule has 1 amide bonds. The van der Waals surface area contributed by atoms with Crippen LogP contribution in [-0.4, -0.2) is 20.9 Å². The van der Waals surface area contributed by atoms with Crippen LogP contribution in [0, 0.1) is 0 Å². The summed E-state index contributed by atoms with van der Waals surface area (Å²) < 4.78 is 0. The summed E-state index contributed by atoms with van der Waals surface area (Å²) in [5.41, 5.74) is 3.06. The van der Waals surface area contributed by atoms with E-state index in [0.717, 1.165) is 22.2 Å². The van der Waals surface area contributed by atoms with E-state index in [9.17, 15) is 4.79 Å². The maximum absolute atomic E-state index is 12.3. The molecule has 0 bridgehead atoms. The molecule has 0 saturated heterocycles. The van der Waals surface area contributed by atoms with Crippen LogP contribution in [0.4, 0.5) is 17.2 Å². The average Bonchev–Trinajstić information content (AvgIpc) is 2.73. The highest BCUT2D eigenvalue weighted by molar-refractivity contribution is 6.30. The fourth-order valence-corrected chi connectivity index (χ4v) is 2.96. The quantitative estimate of drug-likeness (QED) is 0.456. The number of hydrogen-bond donors (Lipinski definition) is 2. The van der Waals surface area contributed by atoms with Gasteiger partial charge in [-0.2, -0.15) is 0 Å². The van der Waals surface area contributed by atoms with Crippen molar-refractivity contribution >= 4 is 51.7 Å². The largest absolute Gasteiger partial charge is 0.340 e. The standard InChI is InChI=1S/C22H16ClN5O/c23-16-4-1-5-17(11-16)28-22-19-12-18(7-8-20(19)25-14-26-22)27-21(29)9-6-15-3-2-10-24-13-15/h1-14H,(H,27,29)(H,25,26,28)/b9-6+. The Bertz CT molecular complexity index is 1190. The number of pyridine rings is 1. The Balaban J connectivity index is 1.56. The smallest absolute Gasteiger partial charge is 0.248 e. The molecule has 4 aromatic rings. The molecule has 2 aromatic carbocycles.